The molecule has 2 amide bonds. The number of amides is 2. The van der Waals surface area contributed by atoms with Crippen molar-refractivity contribution in [1.82, 2.24) is 9.71 Å². The summed E-state index contributed by atoms with van der Waals surface area (Å²) in [5.41, 5.74) is 3.29. The molecular weight excluding hydrogens is 601 g/mol. The molecule has 4 aromatic rings. The number of ether oxygens (including phenoxy) is 2. The number of carbonyl (C=O) groups is 2. The maximum atomic E-state index is 13.4. The fraction of sp³-hybridized carbons (Fsp3) is 0.188. The van der Waals surface area contributed by atoms with Crippen LogP contribution >= 0.6 is 11.8 Å². The second-order valence-corrected chi connectivity index (χ2v) is 12.3. The van der Waals surface area contributed by atoms with E-state index in [1.54, 1.807) is 6.07 Å². The summed E-state index contributed by atoms with van der Waals surface area (Å²) in [5, 5.41) is 12.9. The van der Waals surface area contributed by atoms with Crippen LogP contribution < -0.4 is 19.5 Å². The first kappa shape index (κ1) is 32.1. The van der Waals surface area contributed by atoms with Gasteiger partial charge in [0.1, 0.15) is 11.1 Å². The number of hydrogen-bond donors (Lipinski definition) is 2. The number of methoxy groups -OCH3 is 2. The molecule has 0 fully saturated rings. The van der Waals surface area contributed by atoms with Crippen molar-refractivity contribution in [3.63, 3.8) is 0 Å². The van der Waals surface area contributed by atoms with Gasteiger partial charge in [0.25, 0.3) is 10.0 Å². The zero-order chi connectivity index (χ0) is 31.9. The van der Waals surface area contributed by atoms with Crippen molar-refractivity contribution in [3.05, 3.63) is 84.4 Å². The molecule has 1 heterocycles. The van der Waals surface area contributed by atoms with Crippen molar-refractivity contribution >= 4 is 39.3 Å². The van der Waals surface area contributed by atoms with E-state index in [4.69, 9.17) is 14.5 Å². The highest BCUT2D eigenvalue weighted by atomic mass is 32.2. The number of pyridine rings is 1. The van der Waals surface area contributed by atoms with Gasteiger partial charge in [-0.05, 0) is 42.8 Å². The maximum Gasteiger partial charge on any atom is 0.264 e. The first-order chi connectivity index (χ1) is 21.1. The van der Waals surface area contributed by atoms with Crippen LogP contribution in [0.3, 0.4) is 0 Å². The number of sulfonamides is 1. The number of nitrogens with one attached hydrogen (secondary N) is 2. The Morgan fingerprint density at radius 3 is 2.27 bits per heavy atom. The van der Waals surface area contributed by atoms with Gasteiger partial charge in [-0.15, -0.1) is 0 Å². The zero-order valence-corrected chi connectivity index (χ0v) is 26.1. The molecule has 1 unspecified atom stereocenters. The Kier molecular flexibility index (Phi) is 10.3. The fourth-order valence-electron chi connectivity index (χ4n) is 4.43. The average Bonchev–Trinajstić information content (AvgIpc) is 3.02. The second-order valence-electron chi connectivity index (χ2n) is 9.44. The summed E-state index contributed by atoms with van der Waals surface area (Å²) in [6.07, 6.45) is 0.408. The molecule has 0 aliphatic heterocycles. The third-order valence-corrected chi connectivity index (χ3v) is 9.29. The first-order valence-corrected chi connectivity index (χ1v) is 15.8. The lowest BCUT2D eigenvalue weighted by Gasteiger charge is -2.19. The van der Waals surface area contributed by atoms with Crippen LogP contribution in [0.25, 0.3) is 22.4 Å². The molecule has 0 saturated carbocycles. The lowest BCUT2D eigenvalue weighted by Crippen LogP contribution is -2.28. The maximum absolute atomic E-state index is 13.4. The van der Waals surface area contributed by atoms with Crippen LogP contribution in [0.1, 0.15) is 25.8 Å². The molecule has 4 rings (SSSR count). The van der Waals surface area contributed by atoms with Crippen LogP contribution in [-0.2, 0) is 19.6 Å². The van der Waals surface area contributed by atoms with E-state index in [9.17, 15) is 23.3 Å². The molecule has 0 radical (unpaired) electrons. The van der Waals surface area contributed by atoms with Crippen molar-refractivity contribution in [2.75, 3.05) is 19.5 Å². The third kappa shape index (κ3) is 7.19. The molecule has 226 valence electrons. The van der Waals surface area contributed by atoms with Crippen molar-refractivity contribution in [1.29, 1.82) is 5.26 Å². The summed E-state index contributed by atoms with van der Waals surface area (Å²) in [6.45, 7) is 2.95. The summed E-state index contributed by atoms with van der Waals surface area (Å²) in [5.74, 6) is -0.101. The minimum absolute atomic E-state index is 0.117. The molecular formula is C32H30N4O6S2. The van der Waals surface area contributed by atoms with Crippen molar-refractivity contribution < 1.29 is 27.5 Å². The van der Waals surface area contributed by atoms with Gasteiger partial charge in [0, 0.05) is 29.3 Å². The monoisotopic (exact) mass is 630 g/mol. The Morgan fingerprint density at radius 2 is 1.68 bits per heavy atom. The smallest absolute Gasteiger partial charge is 0.264 e. The van der Waals surface area contributed by atoms with Gasteiger partial charge >= 0.3 is 0 Å². The molecule has 1 aromatic heterocycles. The largest absolute Gasteiger partial charge is 0.493 e. The summed E-state index contributed by atoms with van der Waals surface area (Å²) < 4.78 is 37.6. The Hall–Kier alpha value is -4.86. The van der Waals surface area contributed by atoms with Crippen LogP contribution in [0, 0.1) is 11.3 Å². The SMILES string of the molecule is CCC(Sc1nc(-c2ccccc2)cc(-c2cccc(OC)c2OC)c1C#N)C(=O)Nc1ccc(S(=O)(=O)NC(C)=O)cc1. The predicted molar refractivity (Wildman–Crippen MR) is 169 cm³/mol. The van der Waals surface area contributed by atoms with Gasteiger partial charge in [0.15, 0.2) is 11.5 Å². The number of anilines is 1. The van der Waals surface area contributed by atoms with Gasteiger partial charge in [-0.3, -0.25) is 9.59 Å². The molecule has 44 heavy (non-hydrogen) atoms. The van der Waals surface area contributed by atoms with Gasteiger partial charge in [0.2, 0.25) is 11.8 Å². The highest BCUT2D eigenvalue weighted by Crippen LogP contribution is 2.43. The topological polar surface area (TPSA) is 147 Å². The molecule has 0 spiro atoms. The van der Waals surface area contributed by atoms with Crippen LogP contribution in [0.15, 0.2) is 88.8 Å². The van der Waals surface area contributed by atoms with E-state index in [-0.39, 0.29) is 16.4 Å². The molecule has 12 heteroatoms. The number of hydrogen-bond acceptors (Lipinski definition) is 9. The second kappa shape index (κ2) is 14.1. The van der Waals surface area contributed by atoms with E-state index in [2.05, 4.69) is 11.4 Å². The van der Waals surface area contributed by atoms with Crippen molar-refractivity contribution in [2.45, 2.75) is 35.4 Å². The van der Waals surface area contributed by atoms with Gasteiger partial charge in [-0.2, -0.15) is 5.26 Å². The predicted octanol–water partition coefficient (Wildman–Crippen LogP) is 5.64. The van der Waals surface area contributed by atoms with E-state index in [0.29, 0.717) is 45.5 Å². The van der Waals surface area contributed by atoms with Gasteiger partial charge in [-0.25, -0.2) is 18.1 Å². The highest BCUT2D eigenvalue weighted by Gasteiger charge is 2.25. The van der Waals surface area contributed by atoms with Crippen LogP contribution in [0.4, 0.5) is 5.69 Å². The molecule has 0 saturated heterocycles. The number of rotatable bonds is 11. The van der Waals surface area contributed by atoms with Crippen molar-refractivity contribution in [2.24, 2.45) is 0 Å². The standard InChI is InChI=1S/C32H30N4O6S2/c1-5-29(31(38)34-22-14-16-23(17-15-22)44(39,40)36-20(2)37)43-32-26(19-33)25(18-27(35-32)21-10-7-6-8-11-21)24-12-9-13-28(41-3)30(24)42-4/h6-18,29H,5H2,1-4H3,(H,34,38)(H,36,37). The Balaban J connectivity index is 1.72. The highest BCUT2D eigenvalue weighted by molar-refractivity contribution is 8.00. The molecule has 3 aromatic carbocycles. The Bertz CT molecular complexity index is 1820. The lowest BCUT2D eigenvalue weighted by atomic mass is 9.98. The zero-order valence-electron chi connectivity index (χ0n) is 24.5. The summed E-state index contributed by atoms with van der Waals surface area (Å²) in [7, 11) is -0.943. The number of nitrogens with zero attached hydrogens (tertiary/aromatic N) is 2. The molecule has 0 aliphatic rings. The summed E-state index contributed by atoms with van der Waals surface area (Å²) in [6, 6.07) is 24.5. The van der Waals surface area contributed by atoms with Crippen LogP contribution in [0.2, 0.25) is 0 Å². The molecule has 0 aliphatic carbocycles. The number of carbonyl (C=O) groups excluding carboxylic acids is 2. The minimum atomic E-state index is -4.01. The third-order valence-electron chi connectivity index (χ3n) is 6.49. The average molecular weight is 631 g/mol. The lowest BCUT2D eigenvalue weighted by molar-refractivity contribution is -0.117. The molecule has 1 atom stereocenters. The van der Waals surface area contributed by atoms with E-state index in [1.165, 1.54) is 38.5 Å². The van der Waals surface area contributed by atoms with E-state index < -0.39 is 21.2 Å². The molecule has 0 bridgehead atoms. The number of nitriles is 1. The number of aromatic nitrogens is 1. The van der Waals surface area contributed by atoms with Crippen LogP contribution in [-0.4, -0.2) is 44.7 Å². The summed E-state index contributed by atoms with van der Waals surface area (Å²) >= 11 is 1.16. The van der Waals surface area contributed by atoms with Gasteiger partial charge in [0.05, 0.1) is 35.6 Å². The van der Waals surface area contributed by atoms with E-state index in [1.807, 2.05) is 60.2 Å². The quantitative estimate of drug-likeness (QED) is 0.201. The summed E-state index contributed by atoms with van der Waals surface area (Å²) in [4.78, 5) is 29.3. The van der Waals surface area contributed by atoms with Gasteiger partial charge < -0.3 is 14.8 Å². The minimum Gasteiger partial charge on any atom is -0.493 e. The number of benzene rings is 3. The van der Waals surface area contributed by atoms with Crippen molar-refractivity contribution in [3.8, 4) is 40.0 Å². The molecule has 2 N–H and O–H groups in total. The fourth-order valence-corrected chi connectivity index (χ4v) is 6.45. The van der Waals surface area contributed by atoms with Crippen LogP contribution in [0.5, 0.6) is 11.5 Å². The number of thioether (sulfide) groups is 1. The van der Waals surface area contributed by atoms with E-state index >= 15 is 0 Å². The normalized spacial score (nSPS) is 11.6. The van der Waals surface area contributed by atoms with E-state index in [0.717, 1.165) is 24.2 Å². The number of para-hydroxylation sites is 1. The Morgan fingerprint density at radius 1 is 0.977 bits per heavy atom. The molecule has 10 nitrogen and oxygen atoms in total. The van der Waals surface area contributed by atoms with Gasteiger partial charge in [-0.1, -0.05) is 61.2 Å². The Labute approximate surface area is 260 Å². The first-order valence-electron chi connectivity index (χ1n) is 13.4.